The van der Waals surface area contributed by atoms with E-state index in [1.54, 1.807) is 0 Å². The molecule has 0 bridgehead atoms. The number of hydrogen-bond acceptors (Lipinski definition) is 4. The number of ether oxygens (including phenoxy) is 1. The highest BCUT2D eigenvalue weighted by molar-refractivity contribution is 5.94. The van der Waals surface area contributed by atoms with Crippen LogP contribution in [-0.4, -0.2) is 66.2 Å². The van der Waals surface area contributed by atoms with E-state index in [1.807, 2.05) is 29.2 Å². The van der Waals surface area contributed by atoms with Crippen LogP contribution in [0.2, 0.25) is 0 Å². The van der Waals surface area contributed by atoms with Gasteiger partial charge in [0, 0.05) is 25.2 Å². The van der Waals surface area contributed by atoms with Crippen molar-refractivity contribution in [2.24, 2.45) is 5.92 Å². The summed E-state index contributed by atoms with van der Waals surface area (Å²) in [5, 5.41) is 10.2. The number of carbonyl (C=O) groups is 1. The van der Waals surface area contributed by atoms with Gasteiger partial charge in [0.2, 0.25) is 0 Å². The van der Waals surface area contributed by atoms with Crippen LogP contribution in [-0.2, 0) is 0 Å². The quantitative estimate of drug-likeness (QED) is 0.859. The Morgan fingerprint density at radius 2 is 1.80 bits per heavy atom. The summed E-state index contributed by atoms with van der Waals surface area (Å²) >= 11 is 0. The van der Waals surface area contributed by atoms with Gasteiger partial charge < -0.3 is 19.6 Å². The molecule has 1 aromatic rings. The maximum absolute atomic E-state index is 12.3. The number of benzene rings is 1. The fraction of sp³-hybridized carbons (Fsp3) is 0.650. The van der Waals surface area contributed by atoms with Gasteiger partial charge in [-0.3, -0.25) is 4.79 Å². The van der Waals surface area contributed by atoms with Crippen LogP contribution in [0.5, 0.6) is 5.75 Å². The van der Waals surface area contributed by atoms with Crippen molar-refractivity contribution >= 4 is 5.91 Å². The molecule has 2 aliphatic rings. The number of aliphatic hydroxyl groups excluding tert-OH is 1. The van der Waals surface area contributed by atoms with Gasteiger partial charge in [-0.05, 0) is 69.0 Å². The van der Waals surface area contributed by atoms with Crippen molar-refractivity contribution in [3.8, 4) is 5.75 Å². The molecule has 1 atom stereocenters. The van der Waals surface area contributed by atoms with Gasteiger partial charge in [0.15, 0.2) is 0 Å². The fourth-order valence-electron chi connectivity index (χ4n) is 3.58. The summed E-state index contributed by atoms with van der Waals surface area (Å²) in [5.74, 6) is 1.60. The first-order chi connectivity index (χ1) is 12.1. The number of likely N-dealkylation sites (tertiary alicyclic amines) is 2. The highest BCUT2D eigenvalue weighted by Crippen LogP contribution is 2.18. The summed E-state index contributed by atoms with van der Waals surface area (Å²) in [4.78, 5) is 16.5. The maximum Gasteiger partial charge on any atom is 0.253 e. The van der Waals surface area contributed by atoms with Crippen molar-refractivity contribution in [3.05, 3.63) is 29.8 Å². The van der Waals surface area contributed by atoms with Crippen LogP contribution in [0.25, 0.3) is 0 Å². The molecule has 25 heavy (non-hydrogen) atoms. The van der Waals surface area contributed by atoms with E-state index >= 15 is 0 Å². The number of piperidine rings is 1. The molecule has 0 spiro atoms. The first-order valence-corrected chi connectivity index (χ1v) is 9.54. The highest BCUT2D eigenvalue weighted by atomic mass is 16.5. The summed E-state index contributed by atoms with van der Waals surface area (Å²) in [6.45, 7) is 7.08. The van der Waals surface area contributed by atoms with Crippen molar-refractivity contribution < 1.29 is 14.6 Å². The molecule has 0 aliphatic carbocycles. The molecule has 138 valence electrons. The SMILES string of the molecule is CC1CCN(CC(O)COc2ccc(C(=O)N3CCCC3)cc2)CC1. The Kier molecular flexibility index (Phi) is 6.32. The number of amides is 1. The first kappa shape index (κ1) is 18.2. The average Bonchev–Trinajstić information content (AvgIpc) is 3.16. The van der Waals surface area contributed by atoms with E-state index in [0.29, 0.717) is 17.9 Å². The second-order valence-electron chi connectivity index (χ2n) is 7.47. The van der Waals surface area contributed by atoms with Gasteiger partial charge in [0.05, 0.1) is 0 Å². The van der Waals surface area contributed by atoms with Crippen LogP contribution in [0.1, 0.15) is 43.0 Å². The smallest absolute Gasteiger partial charge is 0.253 e. The van der Waals surface area contributed by atoms with Crippen molar-refractivity contribution in [2.45, 2.75) is 38.7 Å². The van der Waals surface area contributed by atoms with E-state index in [9.17, 15) is 9.90 Å². The summed E-state index contributed by atoms with van der Waals surface area (Å²) in [7, 11) is 0. The molecule has 1 amide bonds. The number of carbonyl (C=O) groups excluding carboxylic acids is 1. The summed E-state index contributed by atoms with van der Waals surface area (Å²) < 4.78 is 5.69. The van der Waals surface area contributed by atoms with Gasteiger partial charge in [0.25, 0.3) is 5.91 Å². The van der Waals surface area contributed by atoms with Gasteiger partial charge in [-0.2, -0.15) is 0 Å². The first-order valence-electron chi connectivity index (χ1n) is 9.54. The number of hydrogen-bond donors (Lipinski definition) is 1. The molecule has 0 saturated carbocycles. The Morgan fingerprint density at radius 3 is 2.44 bits per heavy atom. The largest absolute Gasteiger partial charge is 0.491 e. The molecule has 2 saturated heterocycles. The van der Waals surface area contributed by atoms with E-state index < -0.39 is 6.10 Å². The Hall–Kier alpha value is -1.59. The average molecular weight is 346 g/mol. The minimum absolute atomic E-state index is 0.100. The number of nitrogens with zero attached hydrogens (tertiary/aromatic N) is 2. The molecule has 2 aliphatic heterocycles. The molecule has 3 rings (SSSR count). The van der Waals surface area contributed by atoms with Crippen LogP contribution in [0.3, 0.4) is 0 Å². The highest BCUT2D eigenvalue weighted by Gasteiger charge is 2.20. The predicted octanol–water partition coefficient (Wildman–Crippen LogP) is 2.39. The van der Waals surface area contributed by atoms with Crippen LogP contribution in [0, 0.1) is 5.92 Å². The third-order valence-corrected chi connectivity index (χ3v) is 5.28. The third-order valence-electron chi connectivity index (χ3n) is 5.28. The normalized spacial score (nSPS) is 20.6. The molecular formula is C20H30N2O3. The van der Waals surface area contributed by atoms with E-state index in [4.69, 9.17) is 4.74 Å². The molecule has 1 N–H and O–H groups in total. The standard InChI is InChI=1S/C20H30N2O3/c1-16-8-12-21(13-9-16)14-18(23)15-25-19-6-4-17(5-7-19)20(24)22-10-2-3-11-22/h4-7,16,18,23H,2-3,8-15H2,1H3. The van der Waals surface area contributed by atoms with Crippen molar-refractivity contribution in [3.63, 3.8) is 0 Å². The predicted molar refractivity (Wildman–Crippen MR) is 97.9 cm³/mol. The van der Waals surface area contributed by atoms with Gasteiger partial charge in [-0.1, -0.05) is 6.92 Å². The summed E-state index contributed by atoms with van der Waals surface area (Å²) in [5.41, 5.74) is 0.706. The molecule has 2 fully saturated rings. The zero-order valence-electron chi connectivity index (χ0n) is 15.2. The third kappa shape index (κ3) is 5.19. The van der Waals surface area contributed by atoms with Crippen molar-refractivity contribution in [2.75, 3.05) is 39.3 Å². The minimum atomic E-state index is -0.487. The number of aliphatic hydroxyl groups is 1. The molecular weight excluding hydrogens is 316 g/mol. The van der Waals surface area contributed by atoms with Gasteiger partial charge in [0.1, 0.15) is 18.5 Å². The zero-order valence-corrected chi connectivity index (χ0v) is 15.2. The van der Waals surface area contributed by atoms with E-state index in [0.717, 1.165) is 44.9 Å². The molecule has 5 nitrogen and oxygen atoms in total. The molecule has 1 unspecified atom stereocenters. The number of rotatable bonds is 6. The van der Waals surface area contributed by atoms with Gasteiger partial charge in [-0.15, -0.1) is 0 Å². The molecule has 0 radical (unpaired) electrons. The van der Waals surface area contributed by atoms with Crippen LogP contribution in [0.4, 0.5) is 0 Å². The molecule has 1 aromatic carbocycles. The second kappa shape index (κ2) is 8.68. The zero-order chi connectivity index (χ0) is 17.6. The monoisotopic (exact) mass is 346 g/mol. The fourth-order valence-corrected chi connectivity index (χ4v) is 3.58. The van der Waals surface area contributed by atoms with E-state index in [2.05, 4.69) is 11.8 Å². The lowest BCUT2D eigenvalue weighted by Crippen LogP contribution is -2.40. The van der Waals surface area contributed by atoms with Crippen LogP contribution < -0.4 is 4.74 Å². The molecule has 0 aromatic heterocycles. The molecule has 5 heteroatoms. The van der Waals surface area contributed by atoms with Gasteiger partial charge >= 0.3 is 0 Å². The van der Waals surface area contributed by atoms with Crippen LogP contribution >= 0.6 is 0 Å². The van der Waals surface area contributed by atoms with E-state index in [-0.39, 0.29) is 12.5 Å². The van der Waals surface area contributed by atoms with Gasteiger partial charge in [-0.25, -0.2) is 0 Å². The van der Waals surface area contributed by atoms with Crippen molar-refractivity contribution in [1.82, 2.24) is 9.80 Å². The summed E-state index contributed by atoms with van der Waals surface area (Å²) in [6.07, 6.45) is 4.13. The Labute approximate surface area is 150 Å². The lowest BCUT2D eigenvalue weighted by atomic mass is 9.99. The Morgan fingerprint density at radius 1 is 1.16 bits per heavy atom. The lowest BCUT2D eigenvalue weighted by molar-refractivity contribution is 0.0562. The molecule has 2 heterocycles. The van der Waals surface area contributed by atoms with E-state index in [1.165, 1.54) is 12.8 Å². The van der Waals surface area contributed by atoms with Crippen molar-refractivity contribution in [1.29, 1.82) is 0 Å². The summed E-state index contributed by atoms with van der Waals surface area (Å²) in [6, 6.07) is 7.26. The minimum Gasteiger partial charge on any atom is -0.491 e. The van der Waals surface area contributed by atoms with Crippen LogP contribution in [0.15, 0.2) is 24.3 Å². The maximum atomic E-state index is 12.3. The lowest BCUT2D eigenvalue weighted by Gasteiger charge is -2.31. The Balaban J connectivity index is 1.42. The topological polar surface area (TPSA) is 53.0 Å². The Bertz CT molecular complexity index is 547. The second-order valence-corrected chi connectivity index (χ2v) is 7.47. The number of β-amino-alcohol motifs (C(OH)–C–C–N with tert-alkyl or cyclic N) is 1.